The van der Waals surface area contributed by atoms with Crippen molar-refractivity contribution in [2.45, 2.75) is 25.7 Å². The highest BCUT2D eigenvalue weighted by atomic mass is 32.1. The van der Waals surface area contributed by atoms with Crippen molar-refractivity contribution >= 4 is 33.6 Å². The number of nitrogens with zero attached hydrogens (tertiary/aromatic N) is 3. The van der Waals surface area contributed by atoms with Crippen LogP contribution in [0.2, 0.25) is 0 Å². The summed E-state index contributed by atoms with van der Waals surface area (Å²) in [4.78, 5) is 11.2. The number of hydrogen-bond acceptors (Lipinski definition) is 6. The second-order valence-corrected chi connectivity index (χ2v) is 7.75. The fourth-order valence-electron chi connectivity index (χ4n) is 3.56. The van der Waals surface area contributed by atoms with Gasteiger partial charge in [-0.1, -0.05) is 12.1 Å². The number of aromatic nitrogens is 2. The van der Waals surface area contributed by atoms with Gasteiger partial charge in [-0.25, -0.2) is 14.4 Å². The van der Waals surface area contributed by atoms with E-state index in [1.807, 2.05) is 0 Å². The van der Waals surface area contributed by atoms with E-state index < -0.39 is 0 Å². The predicted molar refractivity (Wildman–Crippen MR) is 109 cm³/mol. The van der Waals surface area contributed by atoms with Crippen molar-refractivity contribution in [2.24, 2.45) is 5.10 Å². The first-order chi connectivity index (χ1) is 13.8. The molecule has 1 aromatic carbocycles. The number of benzene rings is 1. The summed E-state index contributed by atoms with van der Waals surface area (Å²) in [6.07, 6.45) is 7.73. The number of halogens is 1. The molecule has 0 atom stereocenters. The fraction of sp³-hybridized carbons (Fsp3) is 0.190. The van der Waals surface area contributed by atoms with E-state index in [1.54, 1.807) is 54.2 Å². The second kappa shape index (κ2) is 7.16. The third kappa shape index (κ3) is 3.07. The Morgan fingerprint density at radius 1 is 1.11 bits per heavy atom. The molecule has 0 amide bonds. The van der Waals surface area contributed by atoms with Crippen molar-refractivity contribution in [1.82, 2.24) is 9.97 Å². The lowest BCUT2D eigenvalue weighted by Gasteiger charge is -2.11. The Balaban J connectivity index is 1.39. The smallest absolute Gasteiger partial charge is 0.158 e. The summed E-state index contributed by atoms with van der Waals surface area (Å²) in [5.41, 5.74) is 4.80. The first-order valence-electron chi connectivity index (χ1n) is 9.18. The van der Waals surface area contributed by atoms with E-state index in [-0.39, 0.29) is 5.82 Å². The van der Waals surface area contributed by atoms with Crippen molar-refractivity contribution in [3.05, 3.63) is 64.7 Å². The van der Waals surface area contributed by atoms with E-state index in [4.69, 9.17) is 4.42 Å². The molecule has 0 saturated carbocycles. The van der Waals surface area contributed by atoms with Crippen LogP contribution in [0.5, 0.6) is 0 Å². The topological polar surface area (TPSA) is 63.3 Å². The van der Waals surface area contributed by atoms with Crippen LogP contribution < -0.4 is 5.43 Å². The third-order valence-corrected chi connectivity index (χ3v) is 6.08. The molecule has 0 unspecified atom stereocenters. The van der Waals surface area contributed by atoms with E-state index in [0.29, 0.717) is 22.9 Å². The van der Waals surface area contributed by atoms with Gasteiger partial charge in [0.15, 0.2) is 5.82 Å². The van der Waals surface area contributed by atoms with Crippen LogP contribution in [0.25, 0.3) is 21.5 Å². The molecule has 1 N–H and O–H groups in total. The lowest BCUT2D eigenvalue weighted by Crippen LogP contribution is -2.00. The number of thiophene rings is 1. The Labute approximate surface area is 165 Å². The molecule has 0 bridgehead atoms. The van der Waals surface area contributed by atoms with Gasteiger partial charge in [-0.05, 0) is 55.5 Å². The summed E-state index contributed by atoms with van der Waals surface area (Å²) in [7, 11) is 0. The minimum atomic E-state index is -0.316. The predicted octanol–water partition coefficient (Wildman–Crippen LogP) is 5.42. The van der Waals surface area contributed by atoms with E-state index >= 15 is 0 Å². The quantitative estimate of drug-likeness (QED) is 0.372. The van der Waals surface area contributed by atoms with Gasteiger partial charge in [0.25, 0.3) is 0 Å². The summed E-state index contributed by atoms with van der Waals surface area (Å²) < 4.78 is 19.6. The van der Waals surface area contributed by atoms with Crippen molar-refractivity contribution in [3.63, 3.8) is 0 Å². The molecule has 3 aromatic heterocycles. The largest absolute Gasteiger partial charge is 0.455 e. The Hall–Kier alpha value is -3.06. The molecule has 0 saturated heterocycles. The van der Waals surface area contributed by atoms with Gasteiger partial charge in [0.05, 0.1) is 17.2 Å². The zero-order chi connectivity index (χ0) is 18.9. The second-order valence-electron chi connectivity index (χ2n) is 6.67. The Morgan fingerprint density at radius 2 is 2.00 bits per heavy atom. The molecule has 5 nitrogen and oxygen atoms in total. The SMILES string of the molecule is Fc1ccccc1-c1ccc(C=NNc2ncnc3sc4c(c23)CCCC4)o1. The maximum Gasteiger partial charge on any atom is 0.158 e. The Bertz CT molecular complexity index is 1180. The summed E-state index contributed by atoms with van der Waals surface area (Å²) in [6, 6.07) is 10.0. The van der Waals surface area contributed by atoms with Crippen molar-refractivity contribution in [1.29, 1.82) is 0 Å². The lowest BCUT2D eigenvalue weighted by atomic mass is 9.97. The number of aryl methyl sites for hydroxylation is 2. The summed E-state index contributed by atoms with van der Waals surface area (Å²) in [5, 5.41) is 5.35. The van der Waals surface area contributed by atoms with Crippen molar-refractivity contribution in [3.8, 4) is 11.3 Å². The number of hydrogen-bond donors (Lipinski definition) is 1. The van der Waals surface area contributed by atoms with Crippen molar-refractivity contribution in [2.75, 3.05) is 5.43 Å². The molecular weight excluding hydrogens is 375 g/mol. The lowest BCUT2D eigenvalue weighted by molar-refractivity contribution is 0.563. The van der Waals surface area contributed by atoms with Crippen LogP contribution in [0.15, 0.2) is 52.2 Å². The highest BCUT2D eigenvalue weighted by molar-refractivity contribution is 7.19. The van der Waals surface area contributed by atoms with E-state index in [0.717, 1.165) is 23.1 Å². The highest BCUT2D eigenvalue weighted by Crippen LogP contribution is 2.38. The summed E-state index contributed by atoms with van der Waals surface area (Å²) >= 11 is 1.75. The van der Waals surface area contributed by atoms with E-state index in [1.165, 1.54) is 29.3 Å². The van der Waals surface area contributed by atoms with Gasteiger partial charge in [-0.2, -0.15) is 5.10 Å². The molecule has 0 aliphatic heterocycles. The molecule has 7 heteroatoms. The Morgan fingerprint density at radius 3 is 2.93 bits per heavy atom. The molecule has 0 spiro atoms. The van der Waals surface area contributed by atoms with Crippen LogP contribution in [-0.4, -0.2) is 16.2 Å². The summed E-state index contributed by atoms with van der Waals surface area (Å²) in [6.45, 7) is 0. The first kappa shape index (κ1) is 17.1. The average Bonchev–Trinajstić information content (AvgIpc) is 3.33. The van der Waals surface area contributed by atoms with E-state index in [2.05, 4.69) is 20.5 Å². The number of nitrogens with one attached hydrogen (secondary N) is 1. The zero-order valence-electron chi connectivity index (χ0n) is 15.0. The van der Waals surface area contributed by atoms with Gasteiger partial charge in [0.2, 0.25) is 0 Å². The standard InChI is InChI=1S/C21H17FN4OS/c22-16-7-3-1-5-14(16)17-10-9-13(27-17)11-25-26-20-19-15-6-2-4-8-18(15)28-21(19)24-12-23-20/h1,3,5,7,9-12H,2,4,6,8H2,(H,23,24,26). The van der Waals surface area contributed by atoms with Crippen molar-refractivity contribution < 1.29 is 8.81 Å². The van der Waals surface area contributed by atoms with Gasteiger partial charge >= 0.3 is 0 Å². The number of rotatable bonds is 4. The van der Waals surface area contributed by atoms with Gasteiger partial charge < -0.3 is 4.42 Å². The molecule has 3 heterocycles. The molecule has 1 aliphatic rings. The monoisotopic (exact) mass is 392 g/mol. The van der Waals surface area contributed by atoms with Gasteiger partial charge in [0.1, 0.15) is 28.5 Å². The zero-order valence-corrected chi connectivity index (χ0v) is 15.8. The molecule has 4 aromatic rings. The molecule has 1 aliphatic carbocycles. The van der Waals surface area contributed by atoms with Crippen LogP contribution in [0.1, 0.15) is 29.0 Å². The number of fused-ring (bicyclic) bond motifs is 3. The molecule has 0 fully saturated rings. The van der Waals surface area contributed by atoms with Crippen LogP contribution >= 0.6 is 11.3 Å². The maximum absolute atomic E-state index is 13.9. The maximum atomic E-state index is 13.9. The minimum Gasteiger partial charge on any atom is -0.455 e. The summed E-state index contributed by atoms with van der Waals surface area (Å²) in [5.74, 6) is 1.39. The molecule has 5 rings (SSSR count). The highest BCUT2D eigenvalue weighted by Gasteiger charge is 2.19. The fourth-order valence-corrected chi connectivity index (χ4v) is 4.79. The average molecular weight is 392 g/mol. The molecule has 0 radical (unpaired) electrons. The van der Waals surface area contributed by atoms with Gasteiger partial charge in [-0.3, -0.25) is 5.43 Å². The number of hydrazone groups is 1. The third-order valence-electron chi connectivity index (χ3n) is 4.88. The Kier molecular flexibility index (Phi) is 4.37. The normalized spacial score (nSPS) is 13.9. The minimum absolute atomic E-state index is 0.316. The van der Waals surface area contributed by atoms with Crippen LogP contribution in [0.3, 0.4) is 0 Å². The molecule has 140 valence electrons. The molecular formula is C21H17FN4OS. The van der Waals surface area contributed by atoms with E-state index in [9.17, 15) is 4.39 Å². The van der Waals surface area contributed by atoms with Crippen LogP contribution in [0, 0.1) is 5.82 Å². The van der Waals surface area contributed by atoms with Gasteiger partial charge in [-0.15, -0.1) is 11.3 Å². The number of furan rings is 1. The van der Waals surface area contributed by atoms with Crippen LogP contribution in [0.4, 0.5) is 10.2 Å². The first-order valence-corrected chi connectivity index (χ1v) is 10.0. The molecule has 28 heavy (non-hydrogen) atoms. The van der Waals surface area contributed by atoms with Gasteiger partial charge in [0, 0.05) is 4.88 Å². The number of anilines is 1. The van der Waals surface area contributed by atoms with Crippen LogP contribution in [-0.2, 0) is 12.8 Å².